The molecule has 0 saturated heterocycles. The van der Waals surface area contributed by atoms with Crippen LogP contribution in [0.5, 0.6) is 5.75 Å². The molecule has 0 aliphatic rings. The van der Waals surface area contributed by atoms with E-state index in [1.54, 1.807) is 31.4 Å². The van der Waals surface area contributed by atoms with E-state index in [4.69, 9.17) is 4.74 Å². The van der Waals surface area contributed by atoms with E-state index in [0.29, 0.717) is 11.3 Å². The number of ether oxygens (including phenoxy) is 1. The van der Waals surface area contributed by atoms with E-state index in [0.717, 1.165) is 5.56 Å². The van der Waals surface area contributed by atoms with Crippen LogP contribution >= 0.6 is 0 Å². The summed E-state index contributed by atoms with van der Waals surface area (Å²) in [6.45, 7) is 0. The lowest BCUT2D eigenvalue weighted by Gasteiger charge is -2.05. The topological polar surface area (TPSA) is 80.3 Å². The maximum atomic E-state index is 11.7. The summed E-state index contributed by atoms with van der Waals surface area (Å²) < 4.78 is 5.18. The van der Waals surface area contributed by atoms with Gasteiger partial charge in [-0.25, -0.2) is 0 Å². The van der Waals surface area contributed by atoms with E-state index in [9.17, 15) is 9.59 Å². The molecule has 1 aromatic carbocycles. The van der Waals surface area contributed by atoms with Crippen LogP contribution < -0.4 is 15.6 Å². The van der Waals surface area contributed by atoms with Crippen LogP contribution in [0.25, 0.3) is 6.08 Å². The van der Waals surface area contributed by atoms with Gasteiger partial charge in [-0.05, 0) is 24.3 Å². The lowest BCUT2D eigenvalue weighted by Crippen LogP contribution is -2.40. The molecule has 1 aromatic heterocycles. The van der Waals surface area contributed by atoms with Crippen molar-refractivity contribution in [2.24, 2.45) is 0 Å². The average Bonchev–Trinajstić information content (AvgIpc) is 2.58. The highest BCUT2D eigenvalue weighted by Crippen LogP contribution is 2.18. The molecule has 0 fully saturated rings. The summed E-state index contributed by atoms with van der Waals surface area (Å²) in [4.78, 5) is 27.2. The molecule has 1 heterocycles. The number of hydrazine groups is 1. The van der Waals surface area contributed by atoms with Crippen molar-refractivity contribution in [3.63, 3.8) is 0 Å². The third-order valence-electron chi connectivity index (χ3n) is 2.79. The Bertz CT molecular complexity index is 684. The van der Waals surface area contributed by atoms with Gasteiger partial charge in [0.25, 0.3) is 11.8 Å². The number of carbonyl (C=O) groups is 2. The molecule has 0 spiro atoms. The van der Waals surface area contributed by atoms with Crippen molar-refractivity contribution in [3.05, 3.63) is 66.0 Å². The lowest BCUT2D eigenvalue weighted by molar-refractivity contribution is -0.117. The van der Waals surface area contributed by atoms with E-state index in [-0.39, 0.29) is 0 Å². The highest BCUT2D eigenvalue weighted by molar-refractivity contribution is 5.97. The van der Waals surface area contributed by atoms with Gasteiger partial charge in [0.15, 0.2) is 0 Å². The largest absolute Gasteiger partial charge is 0.496 e. The Balaban J connectivity index is 1.90. The van der Waals surface area contributed by atoms with Gasteiger partial charge < -0.3 is 4.74 Å². The van der Waals surface area contributed by atoms with Crippen LogP contribution in [-0.2, 0) is 4.79 Å². The van der Waals surface area contributed by atoms with Crippen LogP contribution in [0.3, 0.4) is 0 Å². The van der Waals surface area contributed by atoms with Gasteiger partial charge in [-0.15, -0.1) is 0 Å². The lowest BCUT2D eigenvalue weighted by atomic mass is 10.2. The molecule has 2 amide bonds. The fourth-order valence-electron chi connectivity index (χ4n) is 1.71. The van der Waals surface area contributed by atoms with Gasteiger partial charge in [-0.1, -0.05) is 18.2 Å². The van der Waals surface area contributed by atoms with Crippen LogP contribution in [-0.4, -0.2) is 23.9 Å². The summed E-state index contributed by atoms with van der Waals surface area (Å²) in [7, 11) is 1.56. The molecular weight excluding hydrogens is 282 g/mol. The predicted molar refractivity (Wildman–Crippen MR) is 81.9 cm³/mol. The molecule has 6 heteroatoms. The molecule has 2 aromatic rings. The first-order valence-electron chi connectivity index (χ1n) is 6.52. The monoisotopic (exact) mass is 297 g/mol. The van der Waals surface area contributed by atoms with Crippen molar-refractivity contribution in [1.82, 2.24) is 15.8 Å². The molecule has 0 saturated carbocycles. The van der Waals surface area contributed by atoms with Crippen LogP contribution in [0.2, 0.25) is 0 Å². The average molecular weight is 297 g/mol. The molecule has 0 unspecified atom stereocenters. The summed E-state index contributed by atoms with van der Waals surface area (Å²) in [6.07, 6.45) is 5.91. The molecule has 6 nitrogen and oxygen atoms in total. The molecule has 0 aliphatic carbocycles. The van der Waals surface area contributed by atoms with E-state index in [1.807, 2.05) is 18.2 Å². The Kier molecular flexibility index (Phi) is 5.25. The van der Waals surface area contributed by atoms with Crippen LogP contribution in [0.15, 0.2) is 54.9 Å². The van der Waals surface area contributed by atoms with Crippen molar-refractivity contribution >= 4 is 17.9 Å². The maximum absolute atomic E-state index is 11.7. The highest BCUT2D eigenvalue weighted by Gasteiger charge is 2.05. The van der Waals surface area contributed by atoms with E-state index < -0.39 is 11.8 Å². The Morgan fingerprint density at radius 1 is 1.09 bits per heavy atom. The van der Waals surface area contributed by atoms with Crippen molar-refractivity contribution in [2.75, 3.05) is 7.11 Å². The van der Waals surface area contributed by atoms with Crippen LogP contribution in [0, 0.1) is 0 Å². The third-order valence-corrected chi connectivity index (χ3v) is 2.79. The fourth-order valence-corrected chi connectivity index (χ4v) is 1.71. The predicted octanol–water partition coefficient (Wildman–Crippen LogP) is 1.56. The number of amides is 2. The number of pyridine rings is 1. The molecule has 2 rings (SSSR count). The first-order valence-corrected chi connectivity index (χ1v) is 6.52. The number of nitrogens with zero attached hydrogens (tertiary/aromatic N) is 1. The van der Waals surface area contributed by atoms with Gasteiger partial charge in [0.1, 0.15) is 5.75 Å². The second kappa shape index (κ2) is 7.58. The third kappa shape index (κ3) is 4.17. The molecule has 2 N–H and O–H groups in total. The summed E-state index contributed by atoms with van der Waals surface area (Å²) in [6, 6.07) is 10.4. The number of aromatic nitrogens is 1. The van der Waals surface area contributed by atoms with Gasteiger partial charge in [0.05, 0.1) is 7.11 Å². The quantitative estimate of drug-likeness (QED) is 0.663. The number of para-hydroxylation sites is 1. The van der Waals surface area contributed by atoms with Gasteiger partial charge in [-0.3, -0.25) is 25.4 Å². The Morgan fingerprint density at radius 2 is 1.82 bits per heavy atom. The smallest absolute Gasteiger partial charge is 0.269 e. The fraction of sp³-hybridized carbons (Fsp3) is 0.0625. The van der Waals surface area contributed by atoms with Gasteiger partial charge >= 0.3 is 0 Å². The zero-order chi connectivity index (χ0) is 15.8. The molecule has 0 aliphatic heterocycles. The number of rotatable bonds is 4. The molecule has 22 heavy (non-hydrogen) atoms. The van der Waals surface area contributed by atoms with Crippen LogP contribution in [0.4, 0.5) is 0 Å². The summed E-state index contributed by atoms with van der Waals surface area (Å²) in [5.41, 5.74) is 5.79. The highest BCUT2D eigenvalue weighted by atomic mass is 16.5. The molecule has 0 radical (unpaired) electrons. The number of methoxy groups -OCH3 is 1. The minimum absolute atomic E-state index is 0.406. The molecule has 0 bridgehead atoms. The normalized spacial score (nSPS) is 10.2. The molecule has 112 valence electrons. The van der Waals surface area contributed by atoms with Crippen molar-refractivity contribution in [3.8, 4) is 5.75 Å². The second-order valence-electron chi connectivity index (χ2n) is 4.25. The number of benzene rings is 1. The summed E-state index contributed by atoms with van der Waals surface area (Å²) in [5.74, 6) is -0.206. The zero-order valence-corrected chi connectivity index (χ0v) is 11.9. The Hall–Kier alpha value is -3.15. The van der Waals surface area contributed by atoms with Gasteiger partial charge in [0.2, 0.25) is 0 Å². The van der Waals surface area contributed by atoms with Crippen molar-refractivity contribution < 1.29 is 14.3 Å². The van der Waals surface area contributed by atoms with Crippen molar-refractivity contribution in [1.29, 1.82) is 0 Å². The SMILES string of the molecule is COc1ccccc1/C=C/C(=O)NNC(=O)c1ccncc1. The number of nitrogens with one attached hydrogen (secondary N) is 2. The Morgan fingerprint density at radius 3 is 2.55 bits per heavy atom. The molecular formula is C16H15N3O3. The van der Waals surface area contributed by atoms with E-state index >= 15 is 0 Å². The van der Waals surface area contributed by atoms with Gasteiger partial charge in [0, 0.05) is 29.6 Å². The van der Waals surface area contributed by atoms with Gasteiger partial charge in [-0.2, -0.15) is 0 Å². The minimum Gasteiger partial charge on any atom is -0.496 e. The Labute approximate surface area is 127 Å². The number of carbonyl (C=O) groups excluding carboxylic acids is 2. The first kappa shape index (κ1) is 15.2. The number of hydrogen-bond donors (Lipinski definition) is 2. The summed E-state index contributed by atoms with van der Waals surface area (Å²) >= 11 is 0. The maximum Gasteiger partial charge on any atom is 0.269 e. The minimum atomic E-state index is -0.451. The van der Waals surface area contributed by atoms with Crippen molar-refractivity contribution in [2.45, 2.75) is 0 Å². The molecule has 0 atom stereocenters. The second-order valence-corrected chi connectivity index (χ2v) is 4.25. The zero-order valence-electron chi connectivity index (χ0n) is 11.9. The van der Waals surface area contributed by atoms with E-state index in [1.165, 1.54) is 18.5 Å². The standard InChI is InChI=1S/C16H15N3O3/c1-22-14-5-3-2-4-12(14)6-7-15(20)18-19-16(21)13-8-10-17-11-9-13/h2-11H,1H3,(H,18,20)(H,19,21)/b7-6+. The van der Waals surface area contributed by atoms with Crippen LogP contribution in [0.1, 0.15) is 15.9 Å². The van der Waals surface area contributed by atoms with E-state index in [2.05, 4.69) is 15.8 Å². The summed E-state index contributed by atoms with van der Waals surface area (Å²) in [5, 5.41) is 0. The number of hydrogen-bond acceptors (Lipinski definition) is 4. The first-order chi connectivity index (χ1) is 10.7.